The minimum atomic E-state index is -0.389. The molecule has 0 aliphatic carbocycles. The van der Waals surface area contributed by atoms with Crippen molar-refractivity contribution in [2.75, 3.05) is 13.1 Å². The second-order valence-corrected chi connectivity index (χ2v) is 4.87. The Labute approximate surface area is 105 Å². The van der Waals surface area contributed by atoms with E-state index in [0.29, 0.717) is 18.8 Å². The summed E-state index contributed by atoms with van der Waals surface area (Å²) >= 11 is 0. The Balaban J connectivity index is 2.05. The van der Waals surface area contributed by atoms with E-state index in [-0.39, 0.29) is 12.0 Å². The van der Waals surface area contributed by atoms with Gasteiger partial charge in [0, 0.05) is 24.0 Å². The van der Waals surface area contributed by atoms with Gasteiger partial charge in [0.15, 0.2) is 5.76 Å². The lowest BCUT2D eigenvalue weighted by molar-refractivity contribution is 0.00399. The van der Waals surface area contributed by atoms with E-state index in [9.17, 15) is 9.90 Å². The highest BCUT2D eigenvalue weighted by atomic mass is 16.3. The van der Waals surface area contributed by atoms with Gasteiger partial charge in [-0.3, -0.25) is 4.79 Å². The minimum Gasteiger partial charge on any atom is -0.450 e. The Morgan fingerprint density at radius 2 is 2.11 bits per heavy atom. The number of likely N-dealkylation sites (tertiary alicyclic amines) is 1. The molecule has 0 atom stereocenters. The number of benzene rings is 1. The van der Waals surface area contributed by atoms with E-state index in [1.807, 2.05) is 32.0 Å². The number of aryl methyl sites for hydroxylation is 2. The van der Waals surface area contributed by atoms with Crippen LogP contribution in [-0.4, -0.2) is 35.1 Å². The van der Waals surface area contributed by atoms with Gasteiger partial charge >= 0.3 is 0 Å². The van der Waals surface area contributed by atoms with Gasteiger partial charge in [-0.25, -0.2) is 0 Å². The van der Waals surface area contributed by atoms with Gasteiger partial charge in [0.05, 0.1) is 6.10 Å². The molecule has 3 rings (SSSR count). The molecule has 0 radical (unpaired) electrons. The van der Waals surface area contributed by atoms with E-state index >= 15 is 0 Å². The average Bonchev–Trinajstić information content (AvgIpc) is 2.64. The Hall–Kier alpha value is -1.81. The normalized spacial score (nSPS) is 16.1. The second kappa shape index (κ2) is 3.85. The number of β-amino-alcohol motifs (C(OH)–C–C–N with tert-alkyl or cyclic N) is 1. The molecule has 1 aliphatic heterocycles. The first-order valence-corrected chi connectivity index (χ1v) is 6.04. The molecular weight excluding hydrogens is 230 g/mol. The second-order valence-electron chi connectivity index (χ2n) is 4.87. The van der Waals surface area contributed by atoms with Crippen molar-refractivity contribution < 1.29 is 14.3 Å². The fraction of sp³-hybridized carbons (Fsp3) is 0.357. The molecule has 2 heterocycles. The number of rotatable bonds is 1. The Morgan fingerprint density at radius 3 is 2.72 bits per heavy atom. The zero-order valence-electron chi connectivity index (χ0n) is 10.4. The number of hydrogen-bond acceptors (Lipinski definition) is 3. The molecule has 0 spiro atoms. The third kappa shape index (κ3) is 1.53. The summed E-state index contributed by atoms with van der Waals surface area (Å²) in [5, 5.41) is 10.2. The van der Waals surface area contributed by atoms with E-state index in [1.165, 1.54) is 0 Å². The summed E-state index contributed by atoms with van der Waals surface area (Å²) in [5.74, 6) is 0.264. The van der Waals surface area contributed by atoms with Crippen LogP contribution in [0.5, 0.6) is 0 Å². The molecule has 4 nitrogen and oxygen atoms in total. The minimum absolute atomic E-state index is 0.131. The largest absolute Gasteiger partial charge is 0.450 e. The van der Waals surface area contributed by atoms with Gasteiger partial charge in [-0.05, 0) is 19.4 Å². The summed E-state index contributed by atoms with van der Waals surface area (Å²) in [7, 11) is 0. The predicted molar refractivity (Wildman–Crippen MR) is 67.6 cm³/mol. The summed E-state index contributed by atoms with van der Waals surface area (Å²) in [6, 6.07) is 5.89. The van der Waals surface area contributed by atoms with Crippen LogP contribution >= 0.6 is 0 Å². The summed E-state index contributed by atoms with van der Waals surface area (Å²) < 4.78 is 5.71. The zero-order chi connectivity index (χ0) is 12.9. The predicted octanol–water partition coefficient (Wildman–Crippen LogP) is 1.87. The highest BCUT2D eigenvalue weighted by Gasteiger charge is 2.32. The molecule has 1 amide bonds. The third-order valence-electron chi connectivity index (χ3n) is 3.50. The van der Waals surface area contributed by atoms with Gasteiger partial charge in [0.25, 0.3) is 5.91 Å². The van der Waals surface area contributed by atoms with Crippen molar-refractivity contribution in [1.82, 2.24) is 4.90 Å². The first-order valence-electron chi connectivity index (χ1n) is 6.04. The standard InChI is InChI=1S/C14H15NO3/c1-8-4-3-5-11-9(2)13(18-12(8)11)14(17)15-6-10(16)7-15/h3-5,10,16H,6-7H2,1-2H3. The lowest BCUT2D eigenvalue weighted by atomic mass is 10.1. The monoisotopic (exact) mass is 245 g/mol. The molecule has 1 aliphatic rings. The summed E-state index contributed by atoms with van der Waals surface area (Å²) in [5.41, 5.74) is 2.68. The molecule has 1 N–H and O–H groups in total. The number of aliphatic hydroxyl groups is 1. The van der Waals surface area contributed by atoms with Crippen molar-refractivity contribution in [2.45, 2.75) is 20.0 Å². The molecule has 1 fully saturated rings. The quantitative estimate of drug-likeness (QED) is 0.834. The Kier molecular flexibility index (Phi) is 2.41. The van der Waals surface area contributed by atoms with Crippen molar-refractivity contribution in [3.05, 3.63) is 35.1 Å². The number of carbonyl (C=O) groups excluding carboxylic acids is 1. The van der Waals surface area contributed by atoms with Crippen LogP contribution in [0.4, 0.5) is 0 Å². The zero-order valence-corrected chi connectivity index (χ0v) is 10.4. The van der Waals surface area contributed by atoms with Crippen molar-refractivity contribution in [2.24, 2.45) is 0 Å². The molecule has 1 aromatic carbocycles. The van der Waals surface area contributed by atoms with Crippen LogP contribution in [0.1, 0.15) is 21.7 Å². The van der Waals surface area contributed by atoms with Gasteiger partial charge in [-0.2, -0.15) is 0 Å². The van der Waals surface area contributed by atoms with Crippen molar-refractivity contribution >= 4 is 16.9 Å². The van der Waals surface area contributed by atoms with Crippen LogP contribution < -0.4 is 0 Å². The number of para-hydroxylation sites is 1. The maximum Gasteiger partial charge on any atom is 0.290 e. The molecule has 1 saturated heterocycles. The molecule has 0 unspecified atom stereocenters. The fourth-order valence-corrected chi connectivity index (χ4v) is 2.35. The van der Waals surface area contributed by atoms with Crippen LogP contribution in [0.15, 0.2) is 22.6 Å². The van der Waals surface area contributed by atoms with Crippen molar-refractivity contribution in [1.29, 1.82) is 0 Å². The molecule has 1 aromatic heterocycles. The van der Waals surface area contributed by atoms with E-state index in [0.717, 1.165) is 22.1 Å². The Bertz CT molecular complexity index is 623. The molecule has 94 valence electrons. The third-order valence-corrected chi connectivity index (χ3v) is 3.50. The van der Waals surface area contributed by atoms with E-state index in [1.54, 1.807) is 4.90 Å². The van der Waals surface area contributed by atoms with Crippen LogP contribution in [0, 0.1) is 13.8 Å². The van der Waals surface area contributed by atoms with Gasteiger partial charge in [0.1, 0.15) is 5.58 Å². The molecule has 2 aromatic rings. The topological polar surface area (TPSA) is 53.7 Å². The van der Waals surface area contributed by atoms with E-state index in [4.69, 9.17) is 4.42 Å². The van der Waals surface area contributed by atoms with E-state index in [2.05, 4.69) is 0 Å². The number of fused-ring (bicyclic) bond motifs is 1. The summed E-state index contributed by atoms with van der Waals surface area (Å²) in [4.78, 5) is 13.8. The molecule has 4 heteroatoms. The first kappa shape index (κ1) is 11.3. The lowest BCUT2D eigenvalue weighted by Crippen LogP contribution is -2.53. The van der Waals surface area contributed by atoms with Crippen LogP contribution in [0.2, 0.25) is 0 Å². The Morgan fingerprint density at radius 1 is 1.39 bits per heavy atom. The van der Waals surface area contributed by atoms with Crippen molar-refractivity contribution in [3.8, 4) is 0 Å². The average molecular weight is 245 g/mol. The number of carbonyl (C=O) groups is 1. The lowest BCUT2D eigenvalue weighted by Gasteiger charge is -2.35. The number of aliphatic hydroxyl groups excluding tert-OH is 1. The maximum absolute atomic E-state index is 12.2. The summed E-state index contributed by atoms with van der Waals surface area (Å²) in [6.07, 6.45) is -0.389. The van der Waals surface area contributed by atoms with Gasteiger partial charge in [-0.1, -0.05) is 18.2 Å². The van der Waals surface area contributed by atoms with Gasteiger partial charge in [-0.15, -0.1) is 0 Å². The van der Waals surface area contributed by atoms with Crippen LogP contribution in [-0.2, 0) is 0 Å². The number of nitrogens with zero attached hydrogens (tertiary/aromatic N) is 1. The van der Waals surface area contributed by atoms with Crippen LogP contribution in [0.3, 0.4) is 0 Å². The summed E-state index contributed by atoms with van der Waals surface area (Å²) in [6.45, 7) is 4.66. The highest BCUT2D eigenvalue weighted by molar-refractivity contribution is 5.99. The van der Waals surface area contributed by atoms with E-state index < -0.39 is 0 Å². The molecular formula is C14H15NO3. The van der Waals surface area contributed by atoms with Gasteiger partial charge < -0.3 is 14.4 Å². The highest BCUT2D eigenvalue weighted by Crippen LogP contribution is 2.29. The smallest absolute Gasteiger partial charge is 0.290 e. The van der Waals surface area contributed by atoms with Crippen molar-refractivity contribution in [3.63, 3.8) is 0 Å². The molecule has 18 heavy (non-hydrogen) atoms. The van der Waals surface area contributed by atoms with Gasteiger partial charge in [0.2, 0.25) is 0 Å². The molecule has 0 saturated carbocycles. The number of furan rings is 1. The number of hydrogen-bond donors (Lipinski definition) is 1. The SMILES string of the molecule is Cc1c(C(=O)N2CC(O)C2)oc2c(C)cccc12. The van der Waals surface area contributed by atoms with Crippen LogP contribution in [0.25, 0.3) is 11.0 Å². The number of amides is 1. The molecule has 0 bridgehead atoms. The first-order chi connectivity index (χ1) is 8.58. The fourth-order valence-electron chi connectivity index (χ4n) is 2.35. The maximum atomic E-state index is 12.2.